The molecule has 0 bridgehead atoms. The van der Waals surface area contributed by atoms with E-state index in [2.05, 4.69) is 31.2 Å². The third-order valence-corrected chi connectivity index (χ3v) is 5.70. The van der Waals surface area contributed by atoms with Gasteiger partial charge in [0.05, 0.1) is 15.6 Å². The Kier molecular flexibility index (Phi) is 6.71. The first-order chi connectivity index (χ1) is 14.2. The van der Waals surface area contributed by atoms with Gasteiger partial charge in [0.2, 0.25) is 16.9 Å². The number of pyridine rings is 1. The molecule has 1 heterocycles. The molecule has 0 amide bonds. The van der Waals surface area contributed by atoms with E-state index in [1.807, 2.05) is 31.2 Å². The van der Waals surface area contributed by atoms with E-state index in [-0.39, 0.29) is 22.6 Å². The summed E-state index contributed by atoms with van der Waals surface area (Å²) < 4.78 is 17.9. The summed E-state index contributed by atoms with van der Waals surface area (Å²) >= 11 is 4.26. The van der Waals surface area contributed by atoms with Gasteiger partial charge in [-0.2, -0.15) is 4.28 Å². The molecule has 3 rings (SSSR count). The van der Waals surface area contributed by atoms with Crippen molar-refractivity contribution in [3.63, 3.8) is 0 Å². The van der Waals surface area contributed by atoms with Gasteiger partial charge in [0.1, 0.15) is 5.69 Å². The second kappa shape index (κ2) is 9.08. The van der Waals surface area contributed by atoms with Crippen molar-refractivity contribution in [2.45, 2.75) is 38.0 Å². The summed E-state index contributed by atoms with van der Waals surface area (Å²) in [4.78, 5) is 17.6. The predicted molar refractivity (Wildman–Crippen MR) is 120 cm³/mol. The molecule has 0 saturated heterocycles. The Bertz CT molecular complexity index is 1090. The van der Waals surface area contributed by atoms with Gasteiger partial charge < -0.3 is 0 Å². The summed E-state index contributed by atoms with van der Waals surface area (Å²) in [6.07, 6.45) is 1.39. The second-order valence-electron chi connectivity index (χ2n) is 7.89. The number of anilines is 1. The molecule has 0 aliphatic heterocycles. The number of hydrogen-bond donors (Lipinski definition) is 1. The molecule has 5 nitrogen and oxygen atoms in total. The lowest BCUT2D eigenvalue weighted by atomic mass is 9.87. The molecule has 30 heavy (non-hydrogen) atoms. The topological polar surface area (TPSA) is 68.3 Å². The number of aromatic nitrogens is 1. The zero-order valence-corrected chi connectivity index (χ0v) is 18.8. The maximum absolute atomic E-state index is 13.0. The minimum atomic E-state index is -1.79. The number of halogens is 1. The van der Waals surface area contributed by atoms with Crippen LogP contribution >= 0.6 is 11.6 Å². The Morgan fingerprint density at radius 2 is 1.77 bits per heavy atom. The van der Waals surface area contributed by atoms with E-state index >= 15 is 0 Å². The molecule has 1 unspecified atom stereocenters. The lowest BCUT2D eigenvalue weighted by molar-refractivity contribution is 0.103. The fourth-order valence-electron chi connectivity index (χ4n) is 2.85. The molecule has 0 fully saturated rings. The highest BCUT2D eigenvalue weighted by molar-refractivity contribution is 7.80. The van der Waals surface area contributed by atoms with E-state index < -0.39 is 11.1 Å². The van der Waals surface area contributed by atoms with Crippen molar-refractivity contribution in [2.75, 3.05) is 5.48 Å². The summed E-state index contributed by atoms with van der Waals surface area (Å²) in [6.45, 7) is 8.17. The van der Waals surface area contributed by atoms with Gasteiger partial charge in [-0.3, -0.25) is 4.79 Å². The van der Waals surface area contributed by atoms with E-state index in [0.717, 1.165) is 11.1 Å². The molecule has 0 aliphatic rings. The summed E-state index contributed by atoms with van der Waals surface area (Å²) in [5.41, 5.74) is 5.45. The molecular weight excluding hydrogens is 420 g/mol. The molecular formula is C23H23ClN2O3S. The van der Waals surface area contributed by atoms with Crippen LogP contribution in [0.1, 0.15) is 48.0 Å². The molecule has 3 aromatic rings. The second-order valence-corrected chi connectivity index (χ2v) is 9.43. The van der Waals surface area contributed by atoms with Gasteiger partial charge in [0, 0.05) is 11.8 Å². The van der Waals surface area contributed by atoms with Gasteiger partial charge in [0.25, 0.3) is 0 Å². The zero-order chi connectivity index (χ0) is 21.9. The molecule has 156 valence electrons. The van der Waals surface area contributed by atoms with Crippen molar-refractivity contribution in [1.29, 1.82) is 0 Å². The number of benzene rings is 2. The minimum absolute atomic E-state index is 0.00355. The Balaban J connectivity index is 1.80. The number of nitrogens with one attached hydrogen (secondary N) is 1. The van der Waals surface area contributed by atoms with Gasteiger partial charge in [-0.15, -0.1) is 0 Å². The Morgan fingerprint density at radius 1 is 1.10 bits per heavy atom. The Labute approximate surface area is 184 Å². The molecule has 2 aromatic carbocycles. The maximum atomic E-state index is 13.0. The van der Waals surface area contributed by atoms with E-state index in [9.17, 15) is 9.00 Å². The summed E-state index contributed by atoms with van der Waals surface area (Å²) in [5.74, 6) is -0.281. The van der Waals surface area contributed by atoms with Crippen molar-refractivity contribution in [1.82, 2.24) is 4.98 Å². The molecule has 0 saturated carbocycles. The van der Waals surface area contributed by atoms with Crippen LogP contribution in [0, 0.1) is 6.92 Å². The summed E-state index contributed by atoms with van der Waals surface area (Å²) in [6, 6.07) is 16.1. The van der Waals surface area contributed by atoms with Crippen molar-refractivity contribution in [3.8, 4) is 0 Å². The van der Waals surface area contributed by atoms with Crippen LogP contribution in [-0.4, -0.2) is 15.0 Å². The average Bonchev–Trinajstić information content (AvgIpc) is 2.71. The number of ketones is 1. The number of hydrogen-bond acceptors (Lipinski definition) is 5. The Hall–Kier alpha value is -2.54. The van der Waals surface area contributed by atoms with Crippen LogP contribution in [0.15, 0.2) is 65.7 Å². The highest BCUT2D eigenvalue weighted by atomic mass is 35.5. The van der Waals surface area contributed by atoms with Crippen LogP contribution in [0.3, 0.4) is 0 Å². The standard InChI is InChI=1S/C23H23ClN2O3S/c1-15-7-5-6-8-19(15)22(27)21-20(13-17(24)14-25-21)26-29-30(28)18-11-9-16(10-12-18)23(2,3)4/h5-14,26H,1-4H3. The fraction of sp³-hybridized carbons (Fsp3) is 0.217. The highest BCUT2D eigenvalue weighted by Crippen LogP contribution is 2.25. The van der Waals surface area contributed by atoms with Crippen molar-refractivity contribution < 1.29 is 13.3 Å². The largest absolute Gasteiger partial charge is 0.287 e. The van der Waals surface area contributed by atoms with Gasteiger partial charge in [-0.25, -0.2) is 14.7 Å². The van der Waals surface area contributed by atoms with Crippen molar-refractivity contribution >= 4 is 34.2 Å². The molecule has 0 spiro atoms. The van der Waals surface area contributed by atoms with Crippen LogP contribution in [0.5, 0.6) is 0 Å². The van der Waals surface area contributed by atoms with Gasteiger partial charge in [-0.1, -0.05) is 68.8 Å². The van der Waals surface area contributed by atoms with Gasteiger partial charge >= 0.3 is 0 Å². The monoisotopic (exact) mass is 442 g/mol. The lowest BCUT2D eigenvalue weighted by Gasteiger charge is -2.19. The minimum Gasteiger partial charge on any atom is -0.287 e. The fourth-order valence-corrected chi connectivity index (χ4v) is 3.63. The normalized spacial score (nSPS) is 12.4. The van der Waals surface area contributed by atoms with E-state index in [1.165, 1.54) is 12.3 Å². The van der Waals surface area contributed by atoms with E-state index in [4.69, 9.17) is 15.9 Å². The first kappa shape index (κ1) is 22.2. The maximum Gasteiger partial charge on any atom is 0.213 e. The number of nitrogens with zero attached hydrogens (tertiary/aromatic N) is 1. The molecule has 0 radical (unpaired) electrons. The SMILES string of the molecule is Cc1ccccc1C(=O)c1ncc(Cl)cc1NOS(=O)c1ccc(C(C)(C)C)cc1. The molecule has 1 N–H and O–H groups in total. The number of carbonyl (C=O) groups is 1. The first-order valence-electron chi connectivity index (χ1n) is 9.38. The van der Waals surface area contributed by atoms with Crippen molar-refractivity contribution in [2.24, 2.45) is 0 Å². The van der Waals surface area contributed by atoms with E-state index in [1.54, 1.807) is 24.3 Å². The van der Waals surface area contributed by atoms with Crippen LogP contribution in [0.4, 0.5) is 5.69 Å². The van der Waals surface area contributed by atoms with Crippen LogP contribution in [0.2, 0.25) is 5.02 Å². The van der Waals surface area contributed by atoms with Crippen LogP contribution in [-0.2, 0) is 20.8 Å². The average molecular weight is 443 g/mol. The quantitative estimate of drug-likeness (QED) is 0.395. The third-order valence-electron chi connectivity index (χ3n) is 4.60. The van der Waals surface area contributed by atoms with Crippen molar-refractivity contribution in [3.05, 3.63) is 88.2 Å². The molecule has 1 aromatic heterocycles. The summed E-state index contributed by atoms with van der Waals surface area (Å²) in [7, 11) is 0. The van der Waals surface area contributed by atoms with Crippen LogP contribution in [0.25, 0.3) is 0 Å². The smallest absolute Gasteiger partial charge is 0.213 e. The number of carbonyl (C=O) groups excluding carboxylic acids is 1. The third kappa shape index (κ3) is 5.14. The first-order valence-corrected chi connectivity index (χ1v) is 10.8. The summed E-state index contributed by atoms with van der Waals surface area (Å²) in [5, 5.41) is 0.322. The molecule has 1 atom stereocenters. The number of rotatable bonds is 6. The van der Waals surface area contributed by atoms with Gasteiger partial charge in [0.15, 0.2) is 0 Å². The predicted octanol–water partition coefficient (Wildman–Crippen LogP) is 5.64. The van der Waals surface area contributed by atoms with Crippen LogP contribution < -0.4 is 5.48 Å². The molecule has 7 heteroatoms. The van der Waals surface area contributed by atoms with E-state index in [0.29, 0.717) is 15.5 Å². The zero-order valence-electron chi connectivity index (χ0n) is 17.2. The number of aryl methyl sites for hydroxylation is 1. The molecule has 0 aliphatic carbocycles. The van der Waals surface area contributed by atoms with Gasteiger partial charge in [-0.05, 0) is 41.7 Å². The lowest BCUT2D eigenvalue weighted by Crippen LogP contribution is -2.13. The highest BCUT2D eigenvalue weighted by Gasteiger charge is 2.19. The Morgan fingerprint density at radius 3 is 2.40 bits per heavy atom.